The second kappa shape index (κ2) is 15.2. The summed E-state index contributed by atoms with van der Waals surface area (Å²) in [7, 11) is 0. The first-order chi connectivity index (χ1) is 27.6. The molecule has 4 N–H and O–H groups in total. The lowest BCUT2D eigenvalue weighted by molar-refractivity contribution is 0.690. The van der Waals surface area contributed by atoms with Crippen LogP contribution < -0.4 is 11.5 Å². The van der Waals surface area contributed by atoms with Gasteiger partial charge in [0.25, 0.3) is 0 Å². The van der Waals surface area contributed by atoms with E-state index in [2.05, 4.69) is 145 Å². The molecule has 0 radical (unpaired) electrons. The molecule has 272 valence electrons. The number of hydrogen-bond acceptors (Lipinski definition) is 3. The van der Waals surface area contributed by atoms with E-state index >= 15 is 0 Å². The monoisotopic (exact) mass is 741 g/mol. The third-order valence-corrected chi connectivity index (χ3v) is 12.3. The van der Waals surface area contributed by atoms with E-state index in [-0.39, 0.29) is 0 Å². The Morgan fingerprint density at radius 3 is 1.73 bits per heavy atom. The topological polar surface area (TPSA) is 57.0 Å². The zero-order valence-electron chi connectivity index (χ0n) is 31.4. The van der Waals surface area contributed by atoms with Gasteiger partial charge in [0.2, 0.25) is 0 Å². The minimum Gasteiger partial charge on any atom is -0.326 e. The number of para-hydroxylation sites is 3. The van der Waals surface area contributed by atoms with Gasteiger partial charge in [0.15, 0.2) is 0 Å². The van der Waals surface area contributed by atoms with Gasteiger partial charge in [-0.3, -0.25) is 0 Å². The van der Waals surface area contributed by atoms with Crippen LogP contribution in [-0.4, -0.2) is 4.57 Å². The maximum Gasteiger partial charge on any atom is 0.0764 e. The Bertz CT molecular complexity index is 2770. The number of nitrogens with two attached hydrogens (primary N) is 2. The molecular formula is C52H43N3S. The van der Waals surface area contributed by atoms with E-state index < -0.39 is 5.41 Å². The first kappa shape index (κ1) is 35.5. The predicted octanol–water partition coefficient (Wildman–Crippen LogP) is 12.2. The van der Waals surface area contributed by atoms with Crippen molar-refractivity contribution in [2.45, 2.75) is 35.2 Å². The zero-order chi connectivity index (χ0) is 38.1. The Kier molecular flexibility index (Phi) is 9.62. The van der Waals surface area contributed by atoms with E-state index in [4.69, 9.17) is 11.5 Å². The summed E-state index contributed by atoms with van der Waals surface area (Å²) in [5.41, 5.74) is 25.8. The molecule has 3 heterocycles. The lowest BCUT2D eigenvalue weighted by Gasteiger charge is -2.45. The van der Waals surface area contributed by atoms with Crippen LogP contribution in [0.25, 0.3) is 38.6 Å². The summed E-state index contributed by atoms with van der Waals surface area (Å²) in [6.07, 6.45) is 0. The maximum absolute atomic E-state index is 5.35. The fourth-order valence-electron chi connectivity index (χ4n) is 8.53. The number of rotatable bonds is 3. The molecule has 11 rings (SSSR count). The van der Waals surface area contributed by atoms with E-state index in [0.717, 1.165) is 0 Å². The van der Waals surface area contributed by atoms with Crippen molar-refractivity contribution in [3.8, 4) is 16.8 Å². The molecule has 2 aliphatic heterocycles. The highest BCUT2D eigenvalue weighted by Crippen LogP contribution is 2.61. The molecule has 0 aliphatic carbocycles. The van der Waals surface area contributed by atoms with Crippen LogP contribution in [0.2, 0.25) is 0 Å². The molecule has 1 aromatic heterocycles. The number of aryl methyl sites for hydroxylation is 1. The van der Waals surface area contributed by atoms with Crippen molar-refractivity contribution in [3.05, 3.63) is 233 Å². The van der Waals surface area contributed by atoms with E-state index in [1.807, 2.05) is 72.4 Å². The van der Waals surface area contributed by atoms with Crippen LogP contribution in [0, 0.1) is 6.92 Å². The SMILES string of the molecule is Cc1ccc(-c2cccc3c2Sc2ccccc2C32c3ccccc3-n3c4ccccc4c4cccc2c43)cc1.NCc1ccccc1.NCc1ccccc1. The standard InChI is InChI=1S/C38H25NS.2C7H9N/c1-24-20-22-25(23-21-24)26-11-8-16-32-37(26)40-35-19-7-4-14-30(35)38(32)29-13-3-6-18-34(29)39-33-17-5-2-10-27(33)28-12-9-15-31(38)36(28)39;2*8-6-7-4-2-1-3-5-7/h2-23H,1H3;2*1-5H,6,8H2. The quantitative estimate of drug-likeness (QED) is 0.190. The molecule has 0 fully saturated rings. The Hall–Kier alpha value is -6.17. The van der Waals surface area contributed by atoms with Crippen LogP contribution in [0.1, 0.15) is 38.9 Å². The number of nitrogens with zero attached hydrogens (tertiary/aromatic N) is 1. The lowest BCUT2D eigenvalue weighted by atomic mass is 9.62. The first-order valence-electron chi connectivity index (χ1n) is 19.2. The van der Waals surface area contributed by atoms with Crippen molar-refractivity contribution in [2.75, 3.05) is 0 Å². The molecule has 1 atom stereocenters. The van der Waals surface area contributed by atoms with Gasteiger partial charge in [0.05, 0.1) is 22.1 Å². The molecule has 0 amide bonds. The van der Waals surface area contributed by atoms with Gasteiger partial charge in [-0.15, -0.1) is 0 Å². The third-order valence-electron chi connectivity index (χ3n) is 11.1. The highest BCUT2D eigenvalue weighted by atomic mass is 32.2. The average Bonchev–Trinajstić information content (AvgIpc) is 3.61. The van der Waals surface area contributed by atoms with Crippen LogP contribution in [0.5, 0.6) is 0 Å². The largest absolute Gasteiger partial charge is 0.326 e. The molecule has 0 saturated carbocycles. The summed E-state index contributed by atoms with van der Waals surface area (Å²) >= 11 is 1.92. The Morgan fingerprint density at radius 2 is 1.04 bits per heavy atom. The normalized spacial score (nSPS) is 14.5. The second-order valence-corrected chi connectivity index (χ2v) is 15.4. The second-order valence-electron chi connectivity index (χ2n) is 14.3. The minimum absolute atomic E-state index is 0.432. The van der Waals surface area contributed by atoms with Crippen LogP contribution in [0.3, 0.4) is 0 Å². The lowest BCUT2D eigenvalue weighted by Crippen LogP contribution is -2.37. The van der Waals surface area contributed by atoms with Crippen molar-refractivity contribution in [3.63, 3.8) is 0 Å². The van der Waals surface area contributed by atoms with Gasteiger partial charge in [-0.1, -0.05) is 193 Å². The van der Waals surface area contributed by atoms with Gasteiger partial charge in [0, 0.05) is 33.7 Å². The number of fused-ring (bicyclic) bond motifs is 11. The number of aromatic nitrogens is 1. The molecule has 8 aromatic carbocycles. The van der Waals surface area contributed by atoms with E-state index in [9.17, 15) is 0 Å². The molecule has 0 saturated heterocycles. The van der Waals surface area contributed by atoms with Crippen LogP contribution in [0.15, 0.2) is 204 Å². The highest BCUT2D eigenvalue weighted by molar-refractivity contribution is 7.99. The van der Waals surface area contributed by atoms with E-state index in [1.165, 1.54) is 87.4 Å². The van der Waals surface area contributed by atoms with Gasteiger partial charge < -0.3 is 16.0 Å². The van der Waals surface area contributed by atoms with Crippen molar-refractivity contribution < 1.29 is 0 Å². The first-order valence-corrected chi connectivity index (χ1v) is 20.0. The van der Waals surface area contributed by atoms with Crippen molar-refractivity contribution >= 4 is 33.6 Å². The van der Waals surface area contributed by atoms with E-state index in [0.29, 0.717) is 13.1 Å². The van der Waals surface area contributed by atoms with E-state index in [1.54, 1.807) is 0 Å². The van der Waals surface area contributed by atoms with Crippen LogP contribution in [-0.2, 0) is 18.5 Å². The maximum atomic E-state index is 5.35. The third kappa shape index (κ3) is 5.95. The molecule has 56 heavy (non-hydrogen) atoms. The summed E-state index contributed by atoms with van der Waals surface area (Å²) in [5.74, 6) is 0. The fraction of sp³-hybridized carbons (Fsp3) is 0.0769. The average molecular weight is 742 g/mol. The number of benzene rings is 8. The fourth-order valence-corrected chi connectivity index (χ4v) is 9.86. The van der Waals surface area contributed by atoms with Crippen molar-refractivity contribution in [1.29, 1.82) is 0 Å². The van der Waals surface area contributed by atoms with Gasteiger partial charge in [-0.05, 0) is 69.6 Å². The summed E-state index contributed by atoms with van der Waals surface area (Å²) in [6, 6.07) is 69.8. The summed E-state index contributed by atoms with van der Waals surface area (Å²) < 4.78 is 2.51. The Morgan fingerprint density at radius 1 is 0.482 bits per heavy atom. The minimum atomic E-state index is -0.432. The van der Waals surface area contributed by atoms with Crippen LogP contribution in [0.4, 0.5) is 0 Å². The molecule has 1 spiro atoms. The van der Waals surface area contributed by atoms with Gasteiger partial charge in [-0.2, -0.15) is 0 Å². The van der Waals surface area contributed by atoms with Crippen molar-refractivity contribution in [1.82, 2.24) is 4.57 Å². The zero-order valence-corrected chi connectivity index (χ0v) is 32.2. The van der Waals surface area contributed by atoms with Gasteiger partial charge >= 0.3 is 0 Å². The molecule has 4 heteroatoms. The highest BCUT2D eigenvalue weighted by Gasteiger charge is 2.49. The predicted molar refractivity (Wildman–Crippen MR) is 236 cm³/mol. The Balaban J connectivity index is 0.000000213. The molecule has 0 bridgehead atoms. The molecule has 2 aliphatic rings. The van der Waals surface area contributed by atoms with Gasteiger partial charge in [-0.25, -0.2) is 0 Å². The molecular weight excluding hydrogens is 699 g/mol. The summed E-state index contributed by atoms with van der Waals surface area (Å²) in [5, 5.41) is 2.62. The molecule has 3 nitrogen and oxygen atoms in total. The molecule has 9 aromatic rings. The Labute approximate surface area is 333 Å². The summed E-state index contributed by atoms with van der Waals surface area (Å²) in [4.78, 5) is 2.67. The summed E-state index contributed by atoms with van der Waals surface area (Å²) in [6.45, 7) is 3.44. The van der Waals surface area contributed by atoms with Gasteiger partial charge in [0.1, 0.15) is 0 Å². The smallest absolute Gasteiger partial charge is 0.0764 e. The van der Waals surface area contributed by atoms with Crippen molar-refractivity contribution in [2.24, 2.45) is 11.5 Å². The number of hydrogen-bond donors (Lipinski definition) is 2. The molecule has 1 unspecified atom stereocenters. The van der Waals surface area contributed by atoms with Crippen LogP contribution >= 0.6 is 11.8 Å².